The third kappa shape index (κ3) is 3.25. The maximum Gasteiger partial charge on any atom is 0.125 e. The molecule has 1 aromatic carbocycles. The molecule has 0 spiro atoms. The average Bonchev–Trinajstić information content (AvgIpc) is 2.47. The van der Waals surface area contributed by atoms with Crippen molar-refractivity contribution in [3.05, 3.63) is 23.8 Å². The smallest absolute Gasteiger partial charge is 0.125 e. The van der Waals surface area contributed by atoms with E-state index in [1.54, 1.807) is 7.11 Å². The fourth-order valence-corrected chi connectivity index (χ4v) is 2.97. The molecule has 1 heterocycles. The van der Waals surface area contributed by atoms with Crippen LogP contribution in [0.2, 0.25) is 0 Å². The van der Waals surface area contributed by atoms with Gasteiger partial charge >= 0.3 is 0 Å². The van der Waals surface area contributed by atoms with Gasteiger partial charge in [0.1, 0.15) is 5.75 Å². The minimum Gasteiger partial charge on any atom is -0.496 e. The Morgan fingerprint density at radius 3 is 2.50 bits per heavy atom. The number of piperazine rings is 1. The number of anilines is 1. The average molecular weight is 277 g/mol. The summed E-state index contributed by atoms with van der Waals surface area (Å²) in [7, 11) is 1.71. The van der Waals surface area contributed by atoms with Crippen LogP contribution in [-0.2, 0) is 0 Å². The molecule has 1 aliphatic rings. The molecule has 1 saturated heterocycles. The zero-order valence-corrected chi connectivity index (χ0v) is 12.9. The fraction of sp³-hybridized carbons (Fsp3) is 0.625. The lowest BCUT2D eigenvalue weighted by Gasteiger charge is -2.37. The number of nitrogens with zero attached hydrogens (tertiary/aromatic N) is 2. The summed E-state index contributed by atoms with van der Waals surface area (Å²) in [6.45, 7) is 9.84. The second-order valence-corrected chi connectivity index (χ2v) is 5.51. The second kappa shape index (κ2) is 6.95. The summed E-state index contributed by atoms with van der Waals surface area (Å²) in [6, 6.07) is 6.19. The molecular weight excluding hydrogens is 250 g/mol. The van der Waals surface area contributed by atoms with Gasteiger partial charge in [-0.1, -0.05) is 13.0 Å². The van der Waals surface area contributed by atoms with Gasteiger partial charge in [-0.15, -0.1) is 0 Å². The van der Waals surface area contributed by atoms with Crippen LogP contribution in [0.5, 0.6) is 5.75 Å². The first-order chi connectivity index (χ1) is 9.67. The van der Waals surface area contributed by atoms with Gasteiger partial charge in [-0.05, 0) is 32.0 Å². The molecule has 1 fully saturated rings. The highest BCUT2D eigenvalue weighted by molar-refractivity contribution is 5.61. The van der Waals surface area contributed by atoms with E-state index in [2.05, 4.69) is 28.9 Å². The van der Waals surface area contributed by atoms with Crippen molar-refractivity contribution in [3.8, 4) is 5.75 Å². The van der Waals surface area contributed by atoms with Crippen LogP contribution in [-0.4, -0.2) is 44.7 Å². The van der Waals surface area contributed by atoms with Gasteiger partial charge in [0.15, 0.2) is 0 Å². The maximum absolute atomic E-state index is 6.16. The Kier molecular flexibility index (Phi) is 5.26. The summed E-state index contributed by atoms with van der Waals surface area (Å²) in [4.78, 5) is 4.97. The third-order valence-corrected chi connectivity index (χ3v) is 3.97. The van der Waals surface area contributed by atoms with Crippen molar-refractivity contribution in [2.24, 2.45) is 5.73 Å². The van der Waals surface area contributed by atoms with E-state index in [1.165, 1.54) is 18.7 Å². The first-order valence-electron chi connectivity index (χ1n) is 7.57. The molecule has 0 bridgehead atoms. The molecule has 2 rings (SSSR count). The SMILES string of the molecule is CCCN1CCN(c2cccc(OC)c2C(C)N)CC1. The molecule has 112 valence electrons. The summed E-state index contributed by atoms with van der Waals surface area (Å²) >= 11 is 0. The number of methoxy groups -OCH3 is 1. The highest BCUT2D eigenvalue weighted by Crippen LogP contribution is 2.34. The quantitative estimate of drug-likeness (QED) is 0.896. The van der Waals surface area contributed by atoms with E-state index in [0.29, 0.717) is 0 Å². The predicted molar refractivity (Wildman–Crippen MR) is 84.5 cm³/mol. The lowest BCUT2D eigenvalue weighted by Crippen LogP contribution is -2.47. The molecule has 1 unspecified atom stereocenters. The van der Waals surface area contributed by atoms with Crippen LogP contribution in [0.15, 0.2) is 18.2 Å². The molecule has 20 heavy (non-hydrogen) atoms. The van der Waals surface area contributed by atoms with Crippen molar-refractivity contribution in [2.75, 3.05) is 44.7 Å². The Labute approximate surface area is 122 Å². The Morgan fingerprint density at radius 2 is 1.95 bits per heavy atom. The van der Waals surface area contributed by atoms with Crippen LogP contribution < -0.4 is 15.4 Å². The highest BCUT2D eigenvalue weighted by Gasteiger charge is 2.21. The topological polar surface area (TPSA) is 41.7 Å². The van der Waals surface area contributed by atoms with Gasteiger partial charge in [0, 0.05) is 43.5 Å². The molecule has 0 aromatic heterocycles. The van der Waals surface area contributed by atoms with Crippen LogP contribution in [0.4, 0.5) is 5.69 Å². The van der Waals surface area contributed by atoms with Gasteiger partial charge in [-0.25, -0.2) is 0 Å². The van der Waals surface area contributed by atoms with Gasteiger partial charge in [0.25, 0.3) is 0 Å². The second-order valence-electron chi connectivity index (χ2n) is 5.51. The summed E-state index contributed by atoms with van der Waals surface area (Å²) in [5, 5.41) is 0. The maximum atomic E-state index is 6.16. The van der Waals surface area contributed by atoms with E-state index < -0.39 is 0 Å². The lowest BCUT2D eigenvalue weighted by molar-refractivity contribution is 0.258. The first kappa shape index (κ1) is 15.1. The van der Waals surface area contributed by atoms with Crippen molar-refractivity contribution < 1.29 is 4.74 Å². The first-order valence-corrected chi connectivity index (χ1v) is 7.57. The molecular formula is C16H27N3O. The zero-order valence-electron chi connectivity index (χ0n) is 12.9. The standard InChI is InChI=1S/C16H27N3O/c1-4-8-18-9-11-19(12-10-18)14-6-5-7-15(20-3)16(14)13(2)17/h5-7,13H,4,8-12,17H2,1-3H3. The molecule has 0 radical (unpaired) electrons. The van der Waals surface area contributed by atoms with Crippen LogP contribution in [0.3, 0.4) is 0 Å². The molecule has 0 amide bonds. The van der Waals surface area contributed by atoms with E-state index in [1.807, 2.05) is 13.0 Å². The van der Waals surface area contributed by atoms with Gasteiger partial charge in [-0.2, -0.15) is 0 Å². The van der Waals surface area contributed by atoms with E-state index in [4.69, 9.17) is 10.5 Å². The van der Waals surface area contributed by atoms with Crippen molar-refractivity contribution in [3.63, 3.8) is 0 Å². The van der Waals surface area contributed by atoms with Crippen molar-refractivity contribution in [1.82, 2.24) is 4.90 Å². The van der Waals surface area contributed by atoms with Crippen molar-refractivity contribution in [1.29, 1.82) is 0 Å². The monoisotopic (exact) mass is 277 g/mol. The summed E-state index contributed by atoms with van der Waals surface area (Å²) in [5.41, 5.74) is 8.51. The fourth-order valence-electron chi connectivity index (χ4n) is 2.97. The number of benzene rings is 1. The Balaban J connectivity index is 2.17. The molecule has 1 aliphatic heterocycles. The van der Waals surface area contributed by atoms with Crippen LogP contribution in [0.1, 0.15) is 31.9 Å². The highest BCUT2D eigenvalue weighted by atomic mass is 16.5. The molecule has 0 saturated carbocycles. The Bertz CT molecular complexity index is 426. The number of nitrogens with two attached hydrogens (primary N) is 1. The Morgan fingerprint density at radius 1 is 1.25 bits per heavy atom. The normalized spacial score (nSPS) is 18.1. The molecule has 1 aromatic rings. The van der Waals surface area contributed by atoms with Gasteiger partial charge in [0.2, 0.25) is 0 Å². The van der Waals surface area contributed by atoms with Gasteiger partial charge in [-0.3, -0.25) is 4.90 Å². The van der Waals surface area contributed by atoms with E-state index in [9.17, 15) is 0 Å². The summed E-state index contributed by atoms with van der Waals surface area (Å²) < 4.78 is 5.48. The van der Waals surface area contributed by atoms with Gasteiger partial charge in [0.05, 0.1) is 7.11 Å². The molecule has 0 aliphatic carbocycles. The predicted octanol–water partition coefficient (Wildman–Crippen LogP) is 2.25. The minimum atomic E-state index is -0.0187. The zero-order chi connectivity index (χ0) is 14.5. The molecule has 4 heteroatoms. The van der Waals surface area contributed by atoms with Gasteiger partial charge < -0.3 is 15.4 Å². The largest absolute Gasteiger partial charge is 0.496 e. The van der Waals surface area contributed by atoms with E-state index in [-0.39, 0.29) is 6.04 Å². The van der Waals surface area contributed by atoms with E-state index >= 15 is 0 Å². The Hall–Kier alpha value is -1.26. The number of hydrogen-bond donors (Lipinski definition) is 1. The molecule has 1 atom stereocenters. The van der Waals surface area contributed by atoms with Crippen LogP contribution >= 0.6 is 0 Å². The molecule has 4 nitrogen and oxygen atoms in total. The third-order valence-electron chi connectivity index (χ3n) is 3.97. The van der Waals surface area contributed by atoms with Crippen molar-refractivity contribution in [2.45, 2.75) is 26.3 Å². The number of rotatable bonds is 5. The lowest BCUT2D eigenvalue weighted by atomic mass is 10.0. The van der Waals surface area contributed by atoms with Crippen LogP contribution in [0.25, 0.3) is 0 Å². The molecule has 2 N–H and O–H groups in total. The number of hydrogen-bond acceptors (Lipinski definition) is 4. The minimum absolute atomic E-state index is 0.0187. The summed E-state index contributed by atoms with van der Waals surface area (Å²) in [6.07, 6.45) is 1.23. The number of ether oxygens (including phenoxy) is 1. The summed E-state index contributed by atoms with van der Waals surface area (Å²) in [5.74, 6) is 0.897. The van der Waals surface area contributed by atoms with Crippen molar-refractivity contribution >= 4 is 5.69 Å². The van der Waals surface area contributed by atoms with E-state index in [0.717, 1.165) is 37.5 Å². The van der Waals surface area contributed by atoms with Crippen LogP contribution in [0, 0.1) is 0 Å².